The van der Waals surface area contributed by atoms with Crippen LogP contribution < -0.4 is 0 Å². The van der Waals surface area contributed by atoms with Crippen molar-refractivity contribution in [2.75, 3.05) is 6.61 Å². The third-order valence-corrected chi connectivity index (χ3v) is 4.80. The first kappa shape index (κ1) is 30.6. The van der Waals surface area contributed by atoms with Crippen LogP contribution in [-0.4, -0.2) is 78.2 Å². The van der Waals surface area contributed by atoms with Crippen LogP contribution in [0.4, 0.5) is 0 Å². The molecular weight excluding hydrogens is 484 g/mol. The van der Waals surface area contributed by atoms with Crippen LogP contribution in [0.1, 0.15) is 59.8 Å². The van der Waals surface area contributed by atoms with Crippen LogP contribution in [0.25, 0.3) is 0 Å². The van der Waals surface area contributed by atoms with Crippen molar-refractivity contribution in [1.82, 2.24) is 0 Å². The van der Waals surface area contributed by atoms with Gasteiger partial charge in [0.15, 0.2) is 12.2 Å². The standard InChI is InChI=1S/C23H32O13/c1-5-15(26)33-20-13(11-12-31-19(30)10-9-14(24)25)32-23(36-18(29)8-4)22(35-17(28)7-3)21(20)34-16(27)6-2/h9-10,13,20-23H,5-8,11-12H2,1-4H3,(H,24,25)/b10-9+/t13-,20-,21+,22-,23+/m1/s1. The molecule has 0 aliphatic carbocycles. The molecule has 1 heterocycles. The van der Waals surface area contributed by atoms with Crippen LogP contribution in [0.2, 0.25) is 0 Å². The quantitative estimate of drug-likeness (QED) is 0.210. The predicted octanol–water partition coefficient (Wildman–Crippen LogP) is 1.20. The minimum absolute atomic E-state index is 0.0414. The molecule has 36 heavy (non-hydrogen) atoms. The van der Waals surface area contributed by atoms with Crippen molar-refractivity contribution in [3.05, 3.63) is 12.2 Å². The Kier molecular flexibility index (Phi) is 13.2. The van der Waals surface area contributed by atoms with E-state index >= 15 is 0 Å². The third kappa shape index (κ3) is 10.0. The van der Waals surface area contributed by atoms with Crippen LogP contribution in [0, 0.1) is 0 Å². The molecule has 5 atom stereocenters. The lowest BCUT2D eigenvalue weighted by atomic mass is 9.96. The molecule has 0 unspecified atom stereocenters. The first-order chi connectivity index (χ1) is 17.1. The van der Waals surface area contributed by atoms with Crippen LogP contribution in [0.15, 0.2) is 12.2 Å². The zero-order valence-corrected chi connectivity index (χ0v) is 20.6. The molecule has 13 heteroatoms. The normalized spacial score (nSPS) is 23.4. The van der Waals surface area contributed by atoms with Gasteiger partial charge in [0, 0.05) is 44.3 Å². The molecule has 13 nitrogen and oxygen atoms in total. The third-order valence-electron chi connectivity index (χ3n) is 4.80. The highest BCUT2D eigenvalue weighted by Gasteiger charge is 2.53. The Labute approximate surface area is 208 Å². The molecule has 0 spiro atoms. The molecule has 0 bridgehead atoms. The van der Waals surface area contributed by atoms with E-state index in [1.807, 2.05) is 0 Å². The number of carbonyl (C=O) groups excluding carboxylic acids is 5. The zero-order valence-electron chi connectivity index (χ0n) is 20.6. The van der Waals surface area contributed by atoms with Gasteiger partial charge < -0.3 is 33.5 Å². The lowest BCUT2D eigenvalue weighted by Gasteiger charge is -2.44. The number of carboxylic acids is 1. The van der Waals surface area contributed by atoms with Gasteiger partial charge in [0.05, 0.1) is 6.61 Å². The van der Waals surface area contributed by atoms with Crippen LogP contribution in [-0.2, 0) is 57.2 Å². The molecule has 0 aromatic rings. The maximum Gasteiger partial charge on any atom is 0.331 e. The summed E-state index contributed by atoms with van der Waals surface area (Å²) in [4.78, 5) is 70.8. The summed E-state index contributed by atoms with van der Waals surface area (Å²) >= 11 is 0. The topological polar surface area (TPSA) is 178 Å². The summed E-state index contributed by atoms with van der Waals surface area (Å²) in [6.45, 7) is 5.79. The van der Waals surface area contributed by atoms with E-state index in [4.69, 9.17) is 33.5 Å². The number of esters is 5. The average Bonchev–Trinajstić information content (AvgIpc) is 2.85. The van der Waals surface area contributed by atoms with Crippen LogP contribution in [0.3, 0.4) is 0 Å². The van der Waals surface area contributed by atoms with Crippen molar-refractivity contribution in [2.45, 2.75) is 90.5 Å². The molecule has 202 valence electrons. The molecule has 0 saturated carbocycles. The molecule has 1 saturated heterocycles. The molecule has 0 radical (unpaired) electrons. The minimum atomic E-state index is -1.52. The first-order valence-electron chi connectivity index (χ1n) is 11.6. The van der Waals surface area contributed by atoms with Gasteiger partial charge in [0.25, 0.3) is 0 Å². The molecule has 1 aliphatic rings. The van der Waals surface area contributed by atoms with E-state index < -0.39 is 66.5 Å². The fourth-order valence-electron chi connectivity index (χ4n) is 2.99. The van der Waals surface area contributed by atoms with Crippen molar-refractivity contribution < 1.29 is 62.3 Å². The second kappa shape index (κ2) is 15.5. The minimum Gasteiger partial charge on any atom is -0.478 e. The summed E-state index contributed by atoms with van der Waals surface area (Å²) in [5.74, 6) is -5.10. The van der Waals surface area contributed by atoms with Crippen molar-refractivity contribution in [3.8, 4) is 0 Å². The fourth-order valence-corrected chi connectivity index (χ4v) is 2.99. The fraction of sp³-hybridized carbons (Fsp3) is 0.652. The second-order valence-corrected chi connectivity index (χ2v) is 7.44. The maximum absolute atomic E-state index is 12.2. The van der Waals surface area contributed by atoms with E-state index in [9.17, 15) is 28.8 Å². The SMILES string of the molecule is CCC(=O)O[C@@H]1O[C@H](CCOC(=O)/C=C/C(=O)O)[C@@H](OC(=O)CC)[C@H](OC(=O)CC)[C@H]1OC(=O)CC. The van der Waals surface area contributed by atoms with Crippen molar-refractivity contribution >= 4 is 35.8 Å². The Morgan fingerprint density at radius 3 is 1.67 bits per heavy atom. The van der Waals surface area contributed by atoms with Gasteiger partial charge in [0.1, 0.15) is 6.10 Å². The Hall–Kier alpha value is -3.48. The Bertz CT molecular complexity index is 834. The van der Waals surface area contributed by atoms with Gasteiger partial charge in [-0.2, -0.15) is 0 Å². The molecule has 1 fully saturated rings. The number of rotatable bonds is 13. The van der Waals surface area contributed by atoms with Crippen molar-refractivity contribution in [1.29, 1.82) is 0 Å². The number of hydrogen-bond donors (Lipinski definition) is 1. The lowest BCUT2D eigenvalue weighted by molar-refractivity contribution is -0.298. The maximum atomic E-state index is 12.2. The van der Waals surface area contributed by atoms with Gasteiger partial charge in [-0.15, -0.1) is 0 Å². The van der Waals surface area contributed by atoms with E-state index in [2.05, 4.69) is 0 Å². The Balaban J connectivity index is 3.31. The summed E-state index contributed by atoms with van der Waals surface area (Å²) < 4.78 is 32.4. The number of hydrogen-bond acceptors (Lipinski definition) is 12. The number of aliphatic carboxylic acids is 1. The highest BCUT2D eigenvalue weighted by molar-refractivity contribution is 5.90. The smallest absolute Gasteiger partial charge is 0.331 e. The van der Waals surface area contributed by atoms with Crippen molar-refractivity contribution in [2.24, 2.45) is 0 Å². The number of ether oxygens (including phenoxy) is 6. The highest BCUT2D eigenvalue weighted by Crippen LogP contribution is 2.31. The van der Waals surface area contributed by atoms with Gasteiger partial charge >= 0.3 is 35.8 Å². The van der Waals surface area contributed by atoms with E-state index in [-0.39, 0.29) is 38.7 Å². The molecule has 0 amide bonds. The molecule has 1 N–H and O–H groups in total. The van der Waals surface area contributed by atoms with Gasteiger partial charge in [-0.3, -0.25) is 19.2 Å². The van der Waals surface area contributed by atoms with Gasteiger partial charge in [-0.25, -0.2) is 9.59 Å². The monoisotopic (exact) mass is 516 g/mol. The Morgan fingerprint density at radius 1 is 0.694 bits per heavy atom. The van der Waals surface area contributed by atoms with E-state index in [1.54, 1.807) is 0 Å². The summed E-state index contributed by atoms with van der Waals surface area (Å²) in [6.07, 6.45) is -5.84. The lowest BCUT2D eigenvalue weighted by Crippen LogP contribution is -2.62. The zero-order chi connectivity index (χ0) is 27.3. The second-order valence-electron chi connectivity index (χ2n) is 7.44. The highest BCUT2D eigenvalue weighted by atomic mass is 16.7. The van der Waals surface area contributed by atoms with Gasteiger partial charge in [-0.1, -0.05) is 27.7 Å². The average molecular weight is 516 g/mol. The summed E-state index contributed by atoms with van der Waals surface area (Å²) in [6, 6.07) is 0. The van der Waals surface area contributed by atoms with Gasteiger partial charge in [0.2, 0.25) is 12.4 Å². The van der Waals surface area contributed by atoms with E-state index in [1.165, 1.54) is 27.7 Å². The molecule has 0 aromatic heterocycles. The molecular formula is C23H32O13. The molecule has 1 rings (SSSR count). The molecule has 0 aromatic carbocycles. The predicted molar refractivity (Wildman–Crippen MR) is 118 cm³/mol. The van der Waals surface area contributed by atoms with Crippen molar-refractivity contribution in [3.63, 3.8) is 0 Å². The van der Waals surface area contributed by atoms with E-state index in [0.717, 1.165) is 0 Å². The van der Waals surface area contributed by atoms with Gasteiger partial charge in [-0.05, 0) is 0 Å². The summed E-state index contributed by atoms with van der Waals surface area (Å²) in [5.41, 5.74) is 0. The van der Waals surface area contributed by atoms with Crippen LogP contribution >= 0.6 is 0 Å². The number of carbonyl (C=O) groups is 6. The Morgan fingerprint density at radius 2 is 1.17 bits per heavy atom. The summed E-state index contributed by atoms with van der Waals surface area (Å²) in [7, 11) is 0. The van der Waals surface area contributed by atoms with Crippen LogP contribution in [0.5, 0.6) is 0 Å². The largest absolute Gasteiger partial charge is 0.478 e. The summed E-state index contributed by atoms with van der Waals surface area (Å²) in [5, 5.41) is 8.60. The first-order valence-corrected chi connectivity index (χ1v) is 11.6. The van der Waals surface area contributed by atoms with E-state index in [0.29, 0.717) is 12.2 Å². The molecule has 1 aliphatic heterocycles. The number of carboxylic acid groups (broad SMARTS) is 1.